The maximum atomic E-state index is 11.5. The van der Waals surface area contributed by atoms with Crippen molar-refractivity contribution in [2.24, 2.45) is 0 Å². The summed E-state index contributed by atoms with van der Waals surface area (Å²) >= 11 is 0. The van der Waals surface area contributed by atoms with Crippen LogP contribution in [0, 0.1) is 0 Å². The van der Waals surface area contributed by atoms with E-state index in [-0.39, 0.29) is 17.3 Å². The van der Waals surface area contributed by atoms with Crippen molar-refractivity contribution in [3.05, 3.63) is 11.8 Å². The Hall–Kier alpha value is -1.03. The fraction of sp³-hybridized carbons (Fsp3) is 0.727. The molecule has 0 saturated carbocycles. The number of hydrogen-bond acceptors (Lipinski definition) is 4. The summed E-state index contributed by atoms with van der Waals surface area (Å²) in [6, 6.07) is 0.211. The van der Waals surface area contributed by atoms with Gasteiger partial charge < -0.3 is 9.57 Å². The maximum Gasteiger partial charge on any atom is 0.375 e. The van der Waals surface area contributed by atoms with E-state index >= 15 is 0 Å². The highest BCUT2D eigenvalue weighted by atomic mass is 16.7. The quantitative estimate of drug-likeness (QED) is 0.671. The van der Waals surface area contributed by atoms with Crippen LogP contribution < -0.4 is 0 Å². The van der Waals surface area contributed by atoms with Crippen LogP contribution in [-0.4, -0.2) is 29.2 Å². The molecule has 0 N–H and O–H groups in total. The molecule has 15 heavy (non-hydrogen) atoms. The van der Waals surface area contributed by atoms with Crippen LogP contribution in [0.15, 0.2) is 11.8 Å². The first-order valence-electron chi connectivity index (χ1n) is 5.25. The van der Waals surface area contributed by atoms with Crippen LogP contribution in [0.3, 0.4) is 0 Å². The fourth-order valence-electron chi connectivity index (χ4n) is 1.70. The van der Waals surface area contributed by atoms with Gasteiger partial charge in [0.15, 0.2) is 0 Å². The topological polar surface area (TPSA) is 38.8 Å². The first-order chi connectivity index (χ1) is 6.88. The lowest BCUT2D eigenvalue weighted by molar-refractivity contribution is -0.180. The third-order valence-corrected chi connectivity index (χ3v) is 2.19. The summed E-state index contributed by atoms with van der Waals surface area (Å²) in [5.41, 5.74) is -0.268. The molecule has 0 aromatic rings. The van der Waals surface area contributed by atoms with Crippen molar-refractivity contribution >= 4 is 5.97 Å². The van der Waals surface area contributed by atoms with Gasteiger partial charge in [-0.2, -0.15) is 0 Å². The fourth-order valence-corrected chi connectivity index (χ4v) is 1.70. The second kappa shape index (κ2) is 4.23. The lowest BCUT2D eigenvalue weighted by Gasteiger charge is -2.31. The van der Waals surface area contributed by atoms with Crippen molar-refractivity contribution < 1.29 is 14.4 Å². The molecule has 1 aliphatic rings. The molecule has 0 atom stereocenters. The highest BCUT2D eigenvalue weighted by molar-refractivity contribution is 5.86. The Kier molecular flexibility index (Phi) is 3.39. The van der Waals surface area contributed by atoms with Crippen molar-refractivity contribution in [3.63, 3.8) is 0 Å². The molecule has 1 heterocycles. The molecule has 1 aliphatic heterocycles. The predicted octanol–water partition coefficient (Wildman–Crippen LogP) is 1.87. The molecule has 4 nitrogen and oxygen atoms in total. The van der Waals surface area contributed by atoms with Crippen molar-refractivity contribution in [2.45, 2.75) is 46.2 Å². The largest absolute Gasteiger partial charge is 0.460 e. The summed E-state index contributed by atoms with van der Waals surface area (Å²) in [5, 5.41) is 1.79. The molecule has 1 rings (SSSR count). The van der Waals surface area contributed by atoms with Crippen LogP contribution in [0.5, 0.6) is 0 Å². The number of hydroxylamine groups is 2. The van der Waals surface area contributed by atoms with Crippen LogP contribution in [0.1, 0.15) is 34.6 Å². The summed E-state index contributed by atoms with van der Waals surface area (Å²) in [4.78, 5) is 16.9. The molecule has 0 unspecified atom stereocenters. The number of ether oxygens (including phenoxy) is 1. The van der Waals surface area contributed by atoms with E-state index in [9.17, 15) is 4.79 Å². The third-order valence-electron chi connectivity index (χ3n) is 2.19. The molecular formula is C11H19NO3. The Bertz CT molecular complexity index is 282. The Morgan fingerprint density at radius 1 is 1.60 bits per heavy atom. The summed E-state index contributed by atoms with van der Waals surface area (Å²) in [6.45, 7) is 10.2. The molecule has 0 aromatic heterocycles. The van der Waals surface area contributed by atoms with Gasteiger partial charge in [0, 0.05) is 6.04 Å². The van der Waals surface area contributed by atoms with Gasteiger partial charge in [0.2, 0.25) is 5.76 Å². The van der Waals surface area contributed by atoms with Crippen LogP contribution >= 0.6 is 0 Å². The summed E-state index contributed by atoms with van der Waals surface area (Å²) in [7, 11) is 0. The van der Waals surface area contributed by atoms with E-state index in [2.05, 4.69) is 0 Å². The number of hydrogen-bond donors (Lipinski definition) is 0. The van der Waals surface area contributed by atoms with E-state index in [4.69, 9.17) is 9.57 Å². The SMILES string of the molecule is CCOC(=O)C1=CC(C)(C)N(C(C)C)O1. The first kappa shape index (κ1) is 12.0. The van der Waals surface area contributed by atoms with Crippen LogP contribution in [0.25, 0.3) is 0 Å². The van der Waals surface area contributed by atoms with E-state index in [1.165, 1.54) is 0 Å². The minimum atomic E-state index is -0.395. The van der Waals surface area contributed by atoms with Crippen LogP contribution in [0.4, 0.5) is 0 Å². The number of esters is 1. The van der Waals surface area contributed by atoms with Gasteiger partial charge in [0.05, 0.1) is 12.1 Å². The van der Waals surface area contributed by atoms with Crippen LogP contribution in [-0.2, 0) is 14.4 Å². The zero-order chi connectivity index (χ0) is 11.6. The summed E-state index contributed by atoms with van der Waals surface area (Å²) in [5.74, 6) is -0.107. The molecule has 0 fully saturated rings. The van der Waals surface area contributed by atoms with Gasteiger partial charge in [-0.3, -0.25) is 0 Å². The van der Waals surface area contributed by atoms with Gasteiger partial charge in [-0.15, -0.1) is 5.06 Å². The van der Waals surface area contributed by atoms with E-state index in [0.717, 1.165) is 0 Å². The molecule has 4 heteroatoms. The second-order valence-electron chi connectivity index (χ2n) is 4.39. The lowest BCUT2D eigenvalue weighted by Crippen LogP contribution is -2.42. The normalized spacial score (nSPS) is 20.0. The zero-order valence-corrected chi connectivity index (χ0v) is 10.0. The number of nitrogens with zero attached hydrogens (tertiary/aromatic N) is 1. The predicted molar refractivity (Wildman–Crippen MR) is 56.9 cm³/mol. The monoisotopic (exact) mass is 213 g/mol. The molecule has 86 valence electrons. The van der Waals surface area contributed by atoms with Gasteiger partial charge in [0.1, 0.15) is 0 Å². The highest BCUT2D eigenvalue weighted by Gasteiger charge is 2.38. The van der Waals surface area contributed by atoms with E-state index in [0.29, 0.717) is 6.61 Å². The Balaban J connectivity index is 2.77. The Morgan fingerprint density at radius 3 is 2.60 bits per heavy atom. The van der Waals surface area contributed by atoms with Crippen LogP contribution in [0.2, 0.25) is 0 Å². The van der Waals surface area contributed by atoms with Gasteiger partial charge in [-0.1, -0.05) is 0 Å². The van der Waals surface area contributed by atoms with Crippen molar-refractivity contribution in [1.82, 2.24) is 5.06 Å². The molecule has 0 radical (unpaired) electrons. The number of carbonyl (C=O) groups is 1. The number of carbonyl (C=O) groups excluding carboxylic acids is 1. The smallest absolute Gasteiger partial charge is 0.375 e. The summed E-state index contributed by atoms with van der Waals surface area (Å²) in [6.07, 6.45) is 1.80. The first-order valence-corrected chi connectivity index (χ1v) is 5.25. The average molecular weight is 213 g/mol. The summed E-state index contributed by atoms with van der Waals surface area (Å²) < 4.78 is 4.89. The Labute approximate surface area is 90.8 Å². The van der Waals surface area contributed by atoms with Crippen molar-refractivity contribution in [3.8, 4) is 0 Å². The highest BCUT2D eigenvalue weighted by Crippen LogP contribution is 2.30. The molecule has 0 aromatic carbocycles. The van der Waals surface area contributed by atoms with Crippen molar-refractivity contribution in [1.29, 1.82) is 0 Å². The minimum Gasteiger partial charge on any atom is -0.460 e. The minimum absolute atomic E-state index is 0.211. The van der Waals surface area contributed by atoms with Gasteiger partial charge in [-0.25, -0.2) is 4.79 Å². The number of rotatable bonds is 3. The molecule has 0 amide bonds. The molecule has 0 spiro atoms. The molecule has 0 saturated heterocycles. The van der Waals surface area contributed by atoms with E-state index in [1.54, 1.807) is 18.1 Å². The maximum absolute atomic E-state index is 11.5. The molecule has 0 bridgehead atoms. The third kappa shape index (κ3) is 2.50. The zero-order valence-electron chi connectivity index (χ0n) is 10.0. The van der Waals surface area contributed by atoms with Crippen molar-refractivity contribution in [2.75, 3.05) is 6.61 Å². The standard InChI is InChI=1S/C11H19NO3/c1-6-14-10(13)9-7-11(4,5)12(15-9)8(2)3/h7-8H,6H2,1-5H3. The van der Waals surface area contributed by atoms with Gasteiger partial charge in [0.25, 0.3) is 0 Å². The van der Waals surface area contributed by atoms with E-state index in [1.807, 2.05) is 27.7 Å². The van der Waals surface area contributed by atoms with E-state index < -0.39 is 5.97 Å². The van der Waals surface area contributed by atoms with Gasteiger partial charge >= 0.3 is 5.97 Å². The average Bonchev–Trinajstić information content (AvgIpc) is 2.42. The lowest BCUT2D eigenvalue weighted by atomic mass is 10.0. The molecular weight excluding hydrogens is 194 g/mol. The Morgan fingerprint density at radius 2 is 2.20 bits per heavy atom. The molecule has 0 aliphatic carbocycles. The van der Waals surface area contributed by atoms with Gasteiger partial charge in [-0.05, 0) is 40.7 Å². The second-order valence-corrected chi connectivity index (χ2v) is 4.39.